The Balaban J connectivity index is 1.91. The van der Waals surface area contributed by atoms with Gasteiger partial charge in [0.1, 0.15) is 0 Å². The van der Waals surface area contributed by atoms with Gasteiger partial charge in [0, 0.05) is 44.9 Å². The second kappa shape index (κ2) is 10.4. The fourth-order valence-corrected chi connectivity index (χ4v) is 2.13. The van der Waals surface area contributed by atoms with Crippen LogP contribution in [0.4, 0.5) is 0 Å². The molecule has 0 saturated carbocycles. The fourth-order valence-electron chi connectivity index (χ4n) is 2.13. The van der Waals surface area contributed by atoms with E-state index in [0.29, 0.717) is 6.54 Å². The van der Waals surface area contributed by atoms with Crippen LogP contribution in [0.3, 0.4) is 0 Å². The Morgan fingerprint density at radius 2 is 2.21 bits per heavy atom. The number of nitrogens with zero attached hydrogens (tertiary/aromatic N) is 4. The van der Waals surface area contributed by atoms with Crippen molar-refractivity contribution in [3.05, 3.63) is 42.4 Å². The molecular weight excluding hydrogens is 304 g/mol. The monoisotopic (exact) mass is 330 g/mol. The van der Waals surface area contributed by atoms with Gasteiger partial charge in [0.15, 0.2) is 11.8 Å². The lowest BCUT2D eigenvalue weighted by Gasteiger charge is -2.11. The summed E-state index contributed by atoms with van der Waals surface area (Å²) in [4.78, 5) is 8.95. The van der Waals surface area contributed by atoms with Crippen LogP contribution in [-0.2, 0) is 11.3 Å². The highest BCUT2D eigenvalue weighted by Crippen LogP contribution is 2.07. The molecule has 0 atom stereocenters. The summed E-state index contributed by atoms with van der Waals surface area (Å²) < 4.78 is 7.08. The molecule has 7 heteroatoms. The molecule has 0 aliphatic heterocycles. The summed E-state index contributed by atoms with van der Waals surface area (Å²) >= 11 is 0. The smallest absolute Gasteiger partial charge is 0.191 e. The zero-order valence-electron chi connectivity index (χ0n) is 14.4. The molecule has 24 heavy (non-hydrogen) atoms. The lowest BCUT2D eigenvalue weighted by molar-refractivity contribution is 0.145. The van der Waals surface area contributed by atoms with Gasteiger partial charge in [-0.1, -0.05) is 0 Å². The highest BCUT2D eigenvalue weighted by Gasteiger charge is 2.01. The second-order valence-electron chi connectivity index (χ2n) is 5.15. The standard InChI is InChI=1S/C17H26N6O/c1-3-18-17(20-8-6-12-24-4-2)21-14-15-7-10-19-16(13-15)23-11-5-9-22-23/h5,7,9-11,13H,3-4,6,8,12,14H2,1-2H3,(H2,18,20,21). The Labute approximate surface area is 143 Å². The molecule has 0 aliphatic rings. The summed E-state index contributed by atoms with van der Waals surface area (Å²) in [5.41, 5.74) is 1.09. The van der Waals surface area contributed by atoms with Crippen molar-refractivity contribution in [3.63, 3.8) is 0 Å². The highest BCUT2D eigenvalue weighted by atomic mass is 16.5. The van der Waals surface area contributed by atoms with E-state index in [-0.39, 0.29) is 0 Å². The molecule has 0 amide bonds. The minimum Gasteiger partial charge on any atom is -0.382 e. The summed E-state index contributed by atoms with van der Waals surface area (Å²) in [5.74, 6) is 1.61. The molecule has 0 bridgehead atoms. The molecule has 0 saturated heterocycles. The summed E-state index contributed by atoms with van der Waals surface area (Å²) in [6.07, 6.45) is 6.35. The van der Waals surface area contributed by atoms with Gasteiger partial charge in [-0.15, -0.1) is 0 Å². The molecule has 2 rings (SSSR count). The minimum atomic E-state index is 0.581. The van der Waals surface area contributed by atoms with Crippen molar-refractivity contribution in [2.45, 2.75) is 26.8 Å². The number of ether oxygens (including phenoxy) is 1. The number of guanidine groups is 1. The average Bonchev–Trinajstić information content (AvgIpc) is 3.14. The summed E-state index contributed by atoms with van der Waals surface area (Å²) in [6, 6.07) is 5.84. The third kappa shape index (κ3) is 6.00. The van der Waals surface area contributed by atoms with Crippen molar-refractivity contribution in [1.29, 1.82) is 0 Å². The van der Waals surface area contributed by atoms with Crippen molar-refractivity contribution in [2.75, 3.05) is 26.3 Å². The van der Waals surface area contributed by atoms with Crippen molar-refractivity contribution in [2.24, 2.45) is 4.99 Å². The van der Waals surface area contributed by atoms with Crippen LogP contribution < -0.4 is 10.6 Å². The molecule has 0 aliphatic carbocycles. The molecule has 0 fully saturated rings. The van der Waals surface area contributed by atoms with Gasteiger partial charge in [-0.05, 0) is 44.0 Å². The molecule has 2 aromatic rings. The number of nitrogens with one attached hydrogen (secondary N) is 2. The summed E-state index contributed by atoms with van der Waals surface area (Å²) in [7, 11) is 0. The van der Waals surface area contributed by atoms with Gasteiger partial charge in [-0.3, -0.25) is 0 Å². The molecule has 0 aromatic carbocycles. The Hall–Kier alpha value is -2.41. The second-order valence-corrected chi connectivity index (χ2v) is 5.15. The first-order valence-corrected chi connectivity index (χ1v) is 8.38. The molecular formula is C17H26N6O. The summed E-state index contributed by atoms with van der Waals surface area (Å²) in [6.45, 7) is 7.82. The van der Waals surface area contributed by atoms with E-state index < -0.39 is 0 Å². The van der Waals surface area contributed by atoms with Gasteiger partial charge in [-0.2, -0.15) is 5.10 Å². The lowest BCUT2D eigenvalue weighted by Crippen LogP contribution is -2.38. The zero-order valence-corrected chi connectivity index (χ0v) is 14.4. The number of rotatable bonds is 9. The quantitative estimate of drug-likeness (QED) is 0.416. The minimum absolute atomic E-state index is 0.581. The number of pyridine rings is 1. The van der Waals surface area contributed by atoms with Gasteiger partial charge < -0.3 is 15.4 Å². The maximum Gasteiger partial charge on any atom is 0.191 e. The van der Waals surface area contributed by atoms with Gasteiger partial charge in [0.05, 0.1) is 6.54 Å². The molecule has 130 valence electrons. The molecule has 2 N–H and O–H groups in total. The Morgan fingerprint density at radius 3 is 2.96 bits per heavy atom. The van der Waals surface area contributed by atoms with E-state index in [0.717, 1.165) is 50.1 Å². The first kappa shape index (κ1) is 17.9. The zero-order chi connectivity index (χ0) is 17.0. The van der Waals surface area contributed by atoms with Gasteiger partial charge in [0.2, 0.25) is 0 Å². The van der Waals surface area contributed by atoms with Crippen LogP contribution in [0.2, 0.25) is 0 Å². The predicted molar refractivity (Wildman–Crippen MR) is 95.3 cm³/mol. The maximum absolute atomic E-state index is 5.34. The van der Waals surface area contributed by atoms with Crippen LogP contribution in [0.1, 0.15) is 25.8 Å². The number of hydrogen-bond donors (Lipinski definition) is 2. The molecule has 0 radical (unpaired) electrons. The third-order valence-corrected chi connectivity index (χ3v) is 3.28. The van der Waals surface area contributed by atoms with Crippen LogP contribution in [0.15, 0.2) is 41.8 Å². The van der Waals surface area contributed by atoms with Crippen LogP contribution in [0.5, 0.6) is 0 Å². The normalized spacial score (nSPS) is 11.5. The van der Waals surface area contributed by atoms with Gasteiger partial charge >= 0.3 is 0 Å². The molecule has 2 heterocycles. The van der Waals surface area contributed by atoms with Crippen molar-refractivity contribution in [1.82, 2.24) is 25.4 Å². The van der Waals surface area contributed by atoms with E-state index in [4.69, 9.17) is 4.74 Å². The van der Waals surface area contributed by atoms with E-state index >= 15 is 0 Å². The number of aromatic nitrogens is 3. The predicted octanol–water partition coefficient (Wildman–Crippen LogP) is 1.75. The van der Waals surface area contributed by atoms with Crippen LogP contribution in [-0.4, -0.2) is 47.0 Å². The SMILES string of the molecule is CCNC(=NCc1ccnc(-n2cccn2)c1)NCCCOCC. The molecule has 2 aromatic heterocycles. The van der Waals surface area contributed by atoms with E-state index in [2.05, 4.69) is 32.6 Å². The highest BCUT2D eigenvalue weighted by molar-refractivity contribution is 5.79. The van der Waals surface area contributed by atoms with E-state index in [1.807, 2.05) is 31.3 Å². The van der Waals surface area contributed by atoms with E-state index in [1.165, 1.54) is 0 Å². The van der Waals surface area contributed by atoms with Gasteiger partial charge in [-0.25, -0.2) is 14.7 Å². The summed E-state index contributed by atoms with van der Waals surface area (Å²) in [5, 5.41) is 10.8. The van der Waals surface area contributed by atoms with Crippen molar-refractivity contribution in [3.8, 4) is 5.82 Å². The Morgan fingerprint density at radius 1 is 1.29 bits per heavy atom. The van der Waals surface area contributed by atoms with Crippen LogP contribution >= 0.6 is 0 Å². The molecule has 0 unspecified atom stereocenters. The van der Waals surface area contributed by atoms with Crippen LogP contribution in [0, 0.1) is 0 Å². The van der Waals surface area contributed by atoms with E-state index in [1.54, 1.807) is 17.1 Å². The number of aliphatic imine (C=N–C) groups is 1. The third-order valence-electron chi connectivity index (χ3n) is 3.28. The average molecular weight is 330 g/mol. The number of hydrogen-bond acceptors (Lipinski definition) is 4. The topological polar surface area (TPSA) is 76.4 Å². The Kier molecular flexibility index (Phi) is 7.76. The van der Waals surface area contributed by atoms with Gasteiger partial charge in [0.25, 0.3) is 0 Å². The molecule has 0 spiro atoms. The van der Waals surface area contributed by atoms with Crippen molar-refractivity contribution < 1.29 is 4.74 Å². The van der Waals surface area contributed by atoms with E-state index in [9.17, 15) is 0 Å². The Bertz CT molecular complexity index is 611. The fraction of sp³-hybridized carbons (Fsp3) is 0.471. The molecule has 7 nitrogen and oxygen atoms in total. The van der Waals surface area contributed by atoms with Crippen LogP contribution in [0.25, 0.3) is 5.82 Å². The van der Waals surface area contributed by atoms with Crippen molar-refractivity contribution >= 4 is 5.96 Å². The lowest BCUT2D eigenvalue weighted by atomic mass is 10.2. The first-order chi connectivity index (χ1) is 11.8. The maximum atomic E-state index is 5.34. The first-order valence-electron chi connectivity index (χ1n) is 8.38. The largest absolute Gasteiger partial charge is 0.382 e.